The van der Waals surface area contributed by atoms with Crippen LogP contribution < -0.4 is 10.6 Å². The third-order valence-corrected chi connectivity index (χ3v) is 3.66. The van der Waals surface area contributed by atoms with Gasteiger partial charge < -0.3 is 24.9 Å². The van der Waals surface area contributed by atoms with E-state index in [1.165, 1.54) is 6.26 Å². The molecule has 1 aromatic rings. The zero-order chi connectivity index (χ0) is 14.4. The molecule has 0 spiro atoms. The molecule has 112 valence electrons. The Morgan fingerprint density at radius 1 is 1.50 bits per heavy atom. The van der Waals surface area contributed by atoms with Crippen LogP contribution in [0.3, 0.4) is 0 Å². The van der Waals surface area contributed by atoms with Gasteiger partial charge in [-0.2, -0.15) is 0 Å². The van der Waals surface area contributed by atoms with Crippen LogP contribution in [-0.4, -0.2) is 36.9 Å². The van der Waals surface area contributed by atoms with E-state index in [1.54, 1.807) is 12.1 Å². The Bertz CT molecular complexity index is 401. The first-order valence-electron chi connectivity index (χ1n) is 7.00. The van der Waals surface area contributed by atoms with Gasteiger partial charge in [-0.25, -0.2) is 4.79 Å². The van der Waals surface area contributed by atoms with Gasteiger partial charge in [0.1, 0.15) is 11.9 Å². The number of urea groups is 1. The predicted octanol–water partition coefficient (Wildman–Crippen LogP) is 1.43. The minimum Gasteiger partial charge on any atom is -0.467 e. The average Bonchev–Trinajstić information content (AvgIpc) is 3.00. The number of nitrogens with one attached hydrogen (secondary N) is 2. The van der Waals surface area contributed by atoms with Crippen molar-refractivity contribution in [1.29, 1.82) is 0 Å². The highest BCUT2D eigenvalue weighted by molar-refractivity contribution is 5.74. The summed E-state index contributed by atoms with van der Waals surface area (Å²) < 4.78 is 10.4. The number of hydrogen-bond donors (Lipinski definition) is 3. The molecule has 0 aromatic carbocycles. The van der Waals surface area contributed by atoms with Crippen LogP contribution in [0.1, 0.15) is 31.6 Å². The van der Waals surface area contributed by atoms with E-state index in [0.29, 0.717) is 11.7 Å². The largest absolute Gasteiger partial charge is 0.467 e. The smallest absolute Gasteiger partial charge is 0.315 e. The SMILES string of the molecule is CC(NC(=O)NCC(O)c1ccco1)C1CCOCC1. The molecule has 0 radical (unpaired) electrons. The third-order valence-electron chi connectivity index (χ3n) is 3.66. The van der Waals surface area contributed by atoms with Gasteiger partial charge in [-0.3, -0.25) is 0 Å². The van der Waals surface area contributed by atoms with E-state index in [4.69, 9.17) is 9.15 Å². The Labute approximate surface area is 118 Å². The monoisotopic (exact) mass is 282 g/mol. The topological polar surface area (TPSA) is 83.7 Å². The second-order valence-electron chi connectivity index (χ2n) is 5.12. The van der Waals surface area contributed by atoms with E-state index < -0.39 is 6.10 Å². The zero-order valence-electron chi connectivity index (χ0n) is 11.7. The van der Waals surface area contributed by atoms with Gasteiger partial charge in [0.15, 0.2) is 0 Å². The van der Waals surface area contributed by atoms with Crippen LogP contribution in [-0.2, 0) is 4.74 Å². The molecule has 6 heteroatoms. The molecule has 2 unspecified atom stereocenters. The lowest BCUT2D eigenvalue weighted by Crippen LogP contribution is -2.46. The Kier molecular flexibility index (Phi) is 5.43. The quantitative estimate of drug-likeness (QED) is 0.763. The van der Waals surface area contributed by atoms with Crippen molar-refractivity contribution in [3.63, 3.8) is 0 Å². The fourth-order valence-electron chi connectivity index (χ4n) is 2.36. The molecule has 1 fully saturated rings. The van der Waals surface area contributed by atoms with Crippen molar-refractivity contribution in [3.05, 3.63) is 24.2 Å². The summed E-state index contributed by atoms with van der Waals surface area (Å²) in [6.45, 7) is 3.64. The molecule has 2 atom stereocenters. The number of aliphatic hydroxyl groups excluding tert-OH is 1. The van der Waals surface area contributed by atoms with Crippen LogP contribution in [0.4, 0.5) is 4.79 Å². The summed E-state index contributed by atoms with van der Waals surface area (Å²) in [7, 11) is 0. The number of carbonyl (C=O) groups excluding carboxylic acids is 1. The zero-order valence-corrected chi connectivity index (χ0v) is 11.7. The molecule has 1 saturated heterocycles. The molecule has 20 heavy (non-hydrogen) atoms. The van der Waals surface area contributed by atoms with Crippen LogP contribution in [0.25, 0.3) is 0 Å². The first kappa shape index (κ1) is 14.9. The number of aliphatic hydroxyl groups is 1. The standard InChI is InChI=1S/C14H22N2O4/c1-10(11-4-7-19-8-5-11)16-14(18)15-9-12(17)13-3-2-6-20-13/h2-3,6,10-12,17H,4-5,7-9H2,1H3,(H2,15,16,18). The van der Waals surface area contributed by atoms with Crippen molar-refractivity contribution < 1.29 is 19.1 Å². The minimum atomic E-state index is -0.825. The van der Waals surface area contributed by atoms with Crippen LogP contribution >= 0.6 is 0 Å². The molecule has 0 saturated carbocycles. The van der Waals surface area contributed by atoms with Crippen LogP contribution in [0.2, 0.25) is 0 Å². The number of furan rings is 1. The summed E-state index contributed by atoms with van der Waals surface area (Å²) in [6.07, 6.45) is 2.60. The lowest BCUT2D eigenvalue weighted by atomic mass is 9.93. The van der Waals surface area contributed by atoms with Gasteiger partial charge in [-0.05, 0) is 37.8 Å². The number of hydrogen-bond acceptors (Lipinski definition) is 4. The molecular formula is C14H22N2O4. The van der Waals surface area contributed by atoms with Crippen molar-refractivity contribution in [2.75, 3.05) is 19.8 Å². The van der Waals surface area contributed by atoms with Gasteiger partial charge in [-0.1, -0.05) is 0 Å². The van der Waals surface area contributed by atoms with Gasteiger partial charge in [0.25, 0.3) is 0 Å². The highest BCUT2D eigenvalue weighted by Crippen LogP contribution is 2.18. The highest BCUT2D eigenvalue weighted by atomic mass is 16.5. The van der Waals surface area contributed by atoms with Crippen molar-refractivity contribution >= 4 is 6.03 Å². The van der Waals surface area contributed by atoms with E-state index in [0.717, 1.165) is 26.1 Å². The van der Waals surface area contributed by atoms with Gasteiger partial charge in [0, 0.05) is 19.3 Å². The summed E-state index contributed by atoms with van der Waals surface area (Å²) in [5.41, 5.74) is 0. The van der Waals surface area contributed by atoms with Crippen molar-refractivity contribution in [2.45, 2.75) is 31.9 Å². The second kappa shape index (κ2) is 7.31. The van der Waals surface area contributed by atoms with E-state index in [2.05, 4.69) is 10.6 Å². The van der Waals surface area contributed by atoms with Crippen molar-refractivity contribution in [2.24, 2.45) is 5.92 Å². The van der Waals surface area contributed by atoms with E-state index in [9.17, 15) is 9.90 Å². The van der Waals surface area contributed by atoms with Gasteiger partial charge in [0.2, 0.25) is 0 Å². The fourth-order valence-corrected chi connectivity index (χ4v) is 2.36. The molecular weight excluding hydrogens is 260 g/mol. The number of carbonyl (C=O) groups is 1. The predicted molar refractivity (Wildman–Crippen MR) is 73.2 cm³/mol. The molecule has 1 aromatic heterocycles. The molecule has 3 N–H and O–H groups in total. The molecule has 1 aliphatic heterocycles. The maximum absolute atomic E-state index is 11.8. The molecule has 2 amide bonds. The number of ether oxygens (including phenoxy) is 1. The number of rotatable bonds is 5. The molecule has 2 rings (SSSR count). The number of amides is 2. The van der Waals surface area contributed by atoms with Gasteiger partial charge >= 0.3 is 6.03 Å². The van der Waals surface area contributed by atoms with Gasteiger partial charge in [-0.15, -0.1) is 0 Å². The molecule has 1 aliphatic rings. The summed E-state index contributed by atoms with van der Waals surface area (Å²) in [5.74, 6) is 0.896. The summed E-state index contributed by atoms with van der Waals surface area (Å²) in [5, 5.41) is 15.3. The van der Waals surface area contributed by atoms with Gasteiger partial charge in [0.05, 0.1) is 12.8 Å². The molecule has 6 nitrogen and oxygen atoms in total. The molecule has 2 heterocycles. The van der Waals surface area contributed by atoms with Crippen molar-refractivity contribution in [1.82, 2.24) is 10.6 Å². The van der Waals surface area contributed by atoms with Crippen molar-refractivity contribution in [3.8, 4) is 0 Å². The van der Waals surface area contributed by atoms with E-state index >= 15 is 0 Å². The summed E-state index contributed by atoms with van der Waals surface area (Å²) in [4.78, 5) is 11.8. The van der Waals surface area contributed by atoms with Crippen LogP contribution in [0.15, 0.2) is 22.8 Å². The Hall–Kier alpha value is -1.53. The second-order valence-corrected chi connectivity index (χ2v) is 5.12. The van der Waals surface area contributed by atoms with E-state index in [-0.39, 0.29) is 18.6 Å². The minimum absolute atomic E-state index is 0.0969. The maximum atomic E-state index is 11.8. The summed E-state index contributed by atoms with van der Waals surface area (Å²) in [6, 6.07) is 3.20. The Morgan fingerprint density at radius 2 is 2.25 bits per heavy atom. The highest BCUT2D eigenvalue weighted by Gasteiger charge is 2.22. The fraction of sp³-hybridized carbons (Fsp3) is 0.643. The Balaban J connectivity index is 1.69. The maximum Gasteiger partial charge on any atom is 0.315 e. The van der Waals surface area contributed by atoms with E-state index in [1.807, 2.05) is 6.92 Å². The Morgan fingerprint density at radius 3 is 2.90 bits per heavy atom. The third kappa shape index (κ3) is 4.25. The lowest BCUT2D eigenvalue weighted by Gasteiger charge is -2.28. The van der Waals surface area contributed by atoms with Crippen LogP contribution in [0, 0.1) is 5.92 Å². The normalized spacial score (nSPS) is 19.3. The summed E-state index contributed by atoms with van der Waals surface area (Å²) >= 11 is 0. The first-order valence-corrected chi connectivity index (χ1v) is 7.00. The lowest BCUT2D eigenvalue weighted by molar-refractivity contribution is 0.0570. The molecule has 0 aliphatic carbocycles. The average molecular weight is 282 g/mol. The van der Waals surface area contributed by atoms with Crippen LogP contribution in [0.5, 0.6) is 0 Å². The first-order chi connectivity index (χ1) is 9.66. The molecule has 0 bridgehead atoms.